The van der Waals surface area contributed by atoms with Crippen molar-refractivity contribution in [1.29, 1.82) is 0 Å². The lowest BCUT2D eigenvalue weighted by Gasteiger charge is -2.29. The number of benzene rings is 1. The van der Waals surface area contributed by atoms with Crippen molar-refractivity contribution in [3.63, 3.8) is 0 Å². The van der Waals surface area contributed by atoms with Crippen LogP contribution in [0.15, 0.2) is 30.3 Å². The second-order valence-electron chi connectivity index (χ2n) is 8.98. The molecule has 0 radical (unpaired) electrons. The minimum absolute atomic E-state index is 0.0623. The fourth-order valence-electron chi connectivity index (χ4n) is 4.75. The third kappa shape index (κ3) is 4.06. The van der Waals surface area contributed by atoms with Crippen LogP contribution < -0.4 is 5.32 Å². The van der Waals surface area contributed by atoms with Gasteiger partial charge in [-0.3, -0.25) is 9.59 Å². The third-order valence-corrected chi connectivity index (χ3v) is 6.58. The number of amides is 2. The summed E-state index contributed by atoms with van der Waals surface area (Å²) in [7, 11) is 0. The Kier molecular flexibility index (Phi) is 5.85. The van der Waals surface area contributed by atoms with Crippen LogP contribution in [0, 0.1) is 5.82 Å². The van der Waals surface area contributed by atoms with E-state index in [2.05, 4.69) is 32.0 Å². The maximum absolute atomic E-state index is 14.8. The first kappa shape index (κ1) is 22.2. The van der Waals surface area contributed by atoms with E-state index in [0.29, 0.717) is 43.3 Å². The molecule has 0 aliphatic carbocycles. The number of nitrogens with one attached hydrogen (secondary N) is 1. The molecule has 0 unspecified atom stereocenters. The highest BCUT2D eigenvalue weighted by Gasteiger charge is 2.26. The fraction of sp³-hybridized carbons (Fsp3) is 0.400. The molecule has 2 aliphatic rings. The summed E-state index contributed by atoms with van der Waals surface area (Å²) >= 11 is 0. The van der Waals surface area contributed by atoms with Crippen molar-refractivity contribution < 1.29 is 14.0 Å². The minimum atomic E-state index is -0.582. The average molecular weight is 463 g/mol. The summed E-state index contributed by atoms with van der Waals surface area (Å²) < 4.78 is 16.9. The van der Waals surface area contributed by atoms with E-state index in [9.17, 15) is 14.0 Å². The van der Waals surface area contributed by atoms with E-state index in [4.69, 9.17) is 0 Å². The van der Waals surface area contributed by atoms with Gasteiger partial charge >= 0.3 is 0 Å². The van der Waals surface area contributed by atoms with Gasteiger partial charge in [-0.2, -0.15) is 0 Å². The van der Waals surface area contributed by atoms with Gasteiger partial charge in [0, 0.05) is 32.0 Å². The lowest BCUT2D eigenvalue weighted by atomic mass is 9.96. The average Bonchev–Trinajstić information content (AvgIpc) is 3.41. The molecule has 2 aromatic heterocycles. The van der Waals surface area contributed by atoms with Gasteiger partial charge in [-0.15, -0.1) is 10.2 Å². The number of hydrogen-bond donors (Lipinski definition) is 1. The van der Waals surface area contributed by atoms with E-state index in [1.807, 2.05) is 13.0 Å². The lowest BCUT2D eigenvalue weighted by Crippen LogP contribution is -2.36. The first-order chi connectivity index (χ1) is 16.4. The predicted molar refractivity (Wildman–Crippen MR) is 125 cm³/mol. The summed E-state index contributed by atoms with van der Waals surface area (Å²) in [6.45, 7) is 5.04. The zero-order valence-electron chi connectivity index (χ0n) is 19.3. The zero-order chi connectivity index (χ0) is 23.8. The van der Waals surface area contributed by atoms with Crippen LogP contribution in [0.25, 0.3) is 11.5 Å². The number of carbonyl (C=O) groups excluding carboxylic acids is 2. The van der Waals surface area contributed by atoms with Crippen LogP contribution in [-0.2, 0) is 24.2 Å². The molecule has 1 aromatic carbocycles. The number of anilines is 1. The summed E-state index contributed by atoms with van der Waals surface area (Å²) in [5.74, 6) is 0.821. The van der Waals surface area contributed by atoms with E-state index < -0.39 is 11.7 Å². The number of pyridine rings is 1. The molecule has 0 fully saturated rings. The molecule has 1 N–H and O–H groups in total. The monoisotopic (exact) mass is 462 g/mol. The first-order valence-electron chi connectivity index (χ1n) is 11.8. The van der Waals surface area contributed by atoms with Gasteiger partial charge in [-0.05, 0) is 61.6 Å². The van der Waals surface area contributed by atoms with E-state index in [-0.39, 0.29) is 17.5 Å². The summed E-state index contributed by atoms with van der Waals surface area (Å²) in [4.78, 5) is 31.6. The van der Waals surface area contributed by atoms with Gasteiger partial charge in [-0.25, -0.2) is 9.37 Å². The largest absolute Gasteiger partial charge is 0.338 e. The second kappa shape index (κ2) is 8.96. The molecule has 0 bridgehead atoms. The van der Waals surface area contributed by atoms with Gasteiger partial charge < -0.3 is 14.8 Å². The van der Waals surface area contributed by atoms with Crippen LogP contribution in [0.3, 0.4) is 0 Å². The zero-order valence-corrected chi connectivity index (χ0v) is 19.3. The van der Waals surface area contributed by atoms with Gasteiger partial charge in [0.15, 0.2) is 5.82 Å². The number of aryl methyl sites for hydroxylation is 1. The molecular formula is C25H27FN6O2. The Morgan fingerprint density at radius 3 is 2.85 bits per heavy atom. The summed E-state index contributed by atoms with van der Waals surface area (Å²) in [5, 5.41) is 11.2. The van der Waals surface area contributed by atoms with Crippen molar-refractivity contribution in [1.82, 2.24) is 24.6 Å². The van der Waals surface area contributed by atoms with Crippen molar-refractivity contribution in [2.45, 2.75) is 58.5 Å². The van der Waals surface area contributed by atoms with Gasteiger partial charge in [0.05, 0.1) is 5.56 Å². The van der Waals surface area contributed by atoms with Crippen molar-refractivity contribution in [2.24, 2.45) is 0 Å². The Bertz CT molecular complexity index is 1270. The van der Waals surface area contributed by atoms with E-state index >= 15 is 0 Å². The van der Waals surface area contributed by atoms with Crippen LogP contribution in [0.5, 0.6) is 0 Å². The second-order valence-corrected chi connectivity index (χ2v) is 8.98. The van der Waals surface area contributed by atoms with E-state index in [1.165, 1.54) is 6.07 Å². The highest BCUT2D eigenvalue weighted by atomic mass is 19.1. The Balaban J connectivity index is 1.37. The molecule has 9 heteroatoms. The minimum Gasteiger partial charge on any atom is -0.338 e. The number of halogens is 1. The number of nitrogens with zero attached hydrogens (tertiary/aromatic N) is 5. The Morgan fingerprint density at radius 2 is 2.03 bits per heavy atom. The molecule has 1 atom stereocenters. The van der Waals surface area contributed by atoms with Crippen LogP contribution in [0.2, 0.25) is 0 Å². The molecule has 4 heterocycles. The maximum Gasteiger partial charge on any atom is 0.259 e. The molecule has 0 saturated carbocycles. The van der Waals surface area contributed by atoms with Gasteiger partial charge in [-0.1, -0.05) is 13.0 Å². The standard InChI is InChI=1S/C25H27FN6O2/c1-3-5-23(33)31-11-10-16-13-19(26)18(12-17(16)14-31)25(34)28-21-7-4-6-20(27-21)24-30-29-22-9-8-15(2)32(22)24/h4,6-7,12-13,15H,3,5,8-11,14H2,1-2H3,(H,27,28,34)/t15-/m1/s1. The third-order valence-electron chi connectivity index (χ3n) is 6.58. The molecule has 34 heavy (non-hydrogen) atoms. The van der Waals surface area contributed by atoms with Crippen LogP contribution in [0.1, 0.15) is 66.5 Å². The lowest BCUT2D eigenvalue weighted by molar-refractivity contribution is -0.132. The number of rotatable bonds is 5. The van der Waals surface area contributed by atoms with Gasteiger partial charge in [0.2, 0.25) is 5.91 Å². The van der Waals surface area contributed by atoms with E-state index in [1.54, 1.807) is 23.1 Å². The molecule has 0 saturated heterocycles. The van der Waals surface area contributed by atoms with Crippen molar-refractivity contribution in [2.75, 3.05) is 11.9 Å². The van der Waals surface area contributed by atoms with Gasteiger partial charge in [0.1, 0.15) is 23.2 Å². The van der Waals surface area contributed by atoms with Crippen LogP contribution >= 0.6 is 0 Å². The van der Waals surface area contributed by atoms with Gasteiger partial charge in [0.25, 0.3) is 5.91 Å². The SMILES string of the molecule is CCCC(=O)N1CCc2cc(F)c(C(=O)Nc3cccc(-c4nnc5n4[C@H](C)CC5)n3)cc2C1. The Hall–Kier alpha value is -3.62. The summed E-state index contributed by atoms with van der Waals surface area (Å²) in [5.41, 5.74) is 2.18. The fourth-order valence-corrected chi connectivity index (χ4v) is 4.75. The first-order valence-corrected chi connectivity index (χ1v) is 11.8. The van der Waals surface area contributed by atoms with Crippen molar-refractivity contribution >= 4 is 17.6 Å². The number of aromatic nitrogens is 4. The number of fused-ring (bicyclic) bond motifs is 2. The highest BCUT2D eigenvalue weighted by molar-refractivity contribution is 6.04. The molecule has 8 nitrogen and oxygen atoms in total. The molecule has 2 amide bonds. The summed E-state index contributed by atoms with van der Waals surface area (Å²) in [6.07, 6.45) is 3.73. The highest BCUT2D eigenvalue weighted by Crippen LogP contribution is 2.30. The molecule has 3 aromatic rings. The molecule has 5 rings (SSSR count). The molecule has 176 valence electrons. The number of hydrogen-bond acceptors (Lipinski definition) is 5. The van der Waals surface area contributed by atoms with Crippen LogP contribution in [0.4, 0.5) is 10.2 Å². The smallest absolute Gasteiger partial charge is 0.259 e. The normalized spacial score (nSPS) is 16.8. The Labute approximate surface area is 197 Å². The van der Waals surface area contributed by atoms with Crippen LogP contribution in [-0.4, -0.2) is 43.0 Å². The van der Waals surface area contributed by atoms with E-state index in [0.717, 1.165) is 36.2 Å². The Morgan fingerprint density at radius 1 is 1.18 bits per heavy atom. The summed E-state index contributed by atoms with van der Waals surface area (Å²) in [6, 6.07) is 8.51. The topological polar surface area (TPSA) is 93.0 Å². The van der Waals surface area contributed by atoms with Crippen molar-refractivity contribution in [3.05, 3.63) is 58.7 Å². The molecular weight excluding hydrogens is 435 g/mol. The number of carbonyl (C=O) groups is 2. The quantitative estimate of drug-likeness (QED) is 0.620. The van der Waals surface area contributed by atoms with Crippen molar-refractivity contribution in [3.8, 4) is 11.5 Å². The molecule has 0 spiro atoms. The predicted octanol–water partition coefficient (Wildman–Crippen LogP) is 3.92. The molecule has 2 aliphatic heterocycles. The maximum atomic E-state index is 14.8.